The van der Waals surface area contributed by atoms with E-state index in [0.29, 0.717) is 18.9 Å². The molecule has 1 aliphatic rings. The molecule has 124 valence electrons. The summed E-state index contributed by atoms with van der Waals surface area (Å²) in [6.07, 6.45) is 7.02. The van der Waals surface area contributed by atoms with Crippen molar-refractivity contribution in [1.82, 2.24) is 24.6 Å². The Morgan fingerprint density at radius 2 is 2.21 bits per heavy atom. The van der Waals surface area contributed by atoms with Crippen LogP contribution < -0.4 is 0 Å². The minimum Gasteiger partial charge on any atom is -0.342 e. The molecule has 1 saturated heterocycles. The number of nitrogens with one attached hydrogen (secondary N) is 1. The molecule has 0 unspecified atom stereocenters. The molecular weight excluding hydrogens is 302 g/mol. The van der Waals surface area contributed by atoms with Crippen molar-refractivity contribution in [2.24, 2.45) is 0 Å². The van der Waals surface area contributed by atoms with Gasteiger partial charge in [-0.15, -0.1) is 0 Å². The highest BCUT2D eigenvalue weighted by atomic mass is 16.2. The van der Waals surface area contributed by atoms with Crippen molar-refractivity contribution in [2.75, 3.05) is 13.1 Å². The van der Waals surface area contributed by atoms with Gasteiger partial charge in [-0.2, -0.15) is 5.10 Å². The number of rotatable bonds is 4. The van der Waals surface area contributed by atoms with Gasteiger partial charge in [0.05, 0.1) is 17.1 Å². The van der Waals surface area contributed by atoms with Gasteiger partial charge in [-0.05, 0) is 31.0 Å². The van der Waals surface area contributed by atoms with Crippen molar-refractivity contribution < 1.29 is 4.79 Å². The van der Waals surface area contributed by atoms with Crippen molar-refractivity contribution in [3.8, 4) is 0 Å². The van der Waals surface area contributed by atoms with E-state index in [1.165, 1.54) is 0 Å². The van der Waals surface area contributed by atoms with Gasteiger partial charge in [0, 0.05) is 38.3 Å². The Kier molecular flexibility index (Phi) is 4.02. The third-order valence-corrected chi connectivity index (χ3v) is 4.66. The van der Waals surface area contributed by atoms with Crippen LogP contribution in [0.3, 0.4) is 0 Å². The Balaban J connectivity index is 1.37. The smallest absolute Gasteiger partial charge is 0.223 e. The SMILES string of the molecule is O=C(CCc1nc2ccccc2[nH]1)N1CCC[C@@H](n2cccn2)C1. The lowest BCUT2D eigenvalue weighted by Gasteiger charge is -2.33. The van der Waals surface area contributed by atoms with Crippen LogP contribution >= 0.6 is 0 Å². The number of imidazole rings is 1. The number of hydrogen-bond acceptors (Lipinski definition) is 3. The average Bonchev–Trinajstić information content (AvgIpc) is 3.29. The Morgan fingerprint density at radius 3 is 3.04 bits per heavy atom. The summed E-state index contributed by atoms with van der Waals surface area (Å²) in [6.45, 7) is 1.59. The minimum absolute atomic E-state index is 0.201. The molecule has 0 radical (unpaired) electrons. The number of aromatic nitrogens is 4. The van der Waals surface area contributed by atoms with Gasteiger partial charge >= 0.3 is 0 Å². The summed E-state index contributed by atoms with van der Waals surface area (Å²) in [6, 6.07) is 10.2. The third kappa shape index (κ3) is 3.04. The van der Waals surface area contributed by atoms with Gasteiger partial charge < -0.3 is 9.88 Å². The van der Waals surface area contributed by atoms with Crippen LogP contribution in [0.1, 0.15) is 31.1 Å². The molecule has 24 heavy (non-hydrogen) atoms. The molecule has 0 aliphatic carbocycles. The van der Waals surface area contributed by atoms with Gasteiger partial charge in [0.15, 0.2) is 0 Å². The Bertz CT molecular complexity index is 790. The van der Waals surface area contributed by atoms with E-state index in [2.05, 4.69) is 15.1 Å². The van der Waals surface area contributed by atoms with Crippen molar-refractivity contribution >= 4 is 16.9 Å². The summed E-state index contributed by atoms with van der Waals surface area (Å²) in [5.41, 5.74) is 1.98. The molecule has 6 nitrogen and oxygen atoms in total. The minimum atomic E-state index is 0.201. The van der Waals surface area contributed by atoms with Gasteiger partial charge in [-0.3, -0.25) is 9.48 Å². The second kappa shape index (κ2) is 6.47. The van der Waals surface area contributed by atoms with Crippen LogP contribution in [-0.2, 0) is 11.2 Å². The molecule has 1 amide bonds. The number of hydrogen-bond donors (Lipinski definition) is 1. The fraction of sp³-hybridized carbons (Fsp3) is 0.389. The lowest BCUT2D eigenvalue weighted by molar-refractivity contribution is -0.132. The molecule has 1 fully saturated rings. The number of H-pyrrole nitrogens is 1. The maximum absolute atomic E-state index is 12.6. The molecule has 3 aromatic rings. The largest absolute Gasteiger partial charge is 0.342 e. The zero-order valence-corrected chi connectivity index (χ0v) is 13.6. The maximum atomic E-state index is 12.6. The van der Waals surface area contributed by atoms with Crippen molar-refractivity contribution in [3.05, 3.63) is 48.5 Å². The van der Waals surface area contributed by atoms with E-state index in [1.807, 2.05) is 46.1 Å². The molecule has 3 heterocycles. The molecule has 2 aromatic heterocycles. The number of aromatic amines is 1. The second-order valence-corrected chi connectivity index (χ2v) is 6.32. The summed E-state index contributed by atoms with van der Waals surface area (Å²) >= 11 is 0. The first-order valence-corrected chi connectivity index (χ1v) is 8.50. The van der Waals surface area contributed by atoms with Crippen LogP contribution in [0.15, 0.2) is 42.7 Å². The average molecular weight is 323 g/mol. The first-order valence-electron chi connectivity index (χ1n) is 8.50. The van der Waals surface area contributed by atoms with E-state index in [1.54, 1.807) is 6.20 Å². The fourth-order valence-corrected chi connectivity index (χ4v) is 3.40. The molecule has 0 bridgehead atoms. The normalized spacial score (nSPS) is 18.2. The van der Waals surface area contributed by atoms with Gasteiger partial charge in [-0.25, -0.2) is 4.98 Å². The first kappa shape index (κ1) is 14.9. The Morgan fingerprint density at radius 1 is 1.29 bits per heavy atom. The molecule has 1 aromatic carbocycles. The predicted molar refractivity (Wildman–Crippen MR) is 91.5 cm³/mol. The number of carbonyl (C=O) groups excluding carboxylic acids is 1. The maximum Gasteiger partial charge on any atom is 0.223 e. The molecule has 6 heteroatoms. The number of carbonyl (C=O) groups is 1. The second-order valence-electron chi connectivity index (χ2n) is 6.32. The van der Waals surface area contributed by atoms with E-state index in [-0.39, 0.29) is 5.91 Å². The van der Waals surface area contributed by atoms with Crippen molar-refractivity contribution in [2.45, 2.75) is 31.7 Å². The van der Waals surface area contributed by atoms with Crippen molar-refractivity contribution in [1.29, 1.82) is 0 Å². The number of amides is 1. The highest BCUT2D eigenvalue weighted by Crippen LogP contribution is 2.21. The van der Waals surface area contributed by atoms with E-state index in [0.717, 1.165) is 42.8 Å². The van der Waals surface area contributed by atoms with Crippen LogP contribution in [0.2, 0.25) is 0 Å². The topological polar surface area (TPSA) is 66.8 Å². The van der Waals surface area contributed by atoms with E-state index < -0.39 is 0 Å². The predicted octanol–water partition coefficient (Wildman–Crippen LogP) is 2.56. The third-order valence-electron chi connectivity index (χ3n) is 4.66. The zero-order valence-electron chi connectivity index (χ0n) is 13.6. The Labute approximate surface area is 140 Å². The van der Waals surface area contributed by atoms with Gasteiger partial charge in [0.1, 0.15) is 5.82 Å². The number of para-hydroxylation sites is 2. The number of aryl methyl sites for hydroxylation is 1. The van der Waals surface area contributed by atoms with Crippen LogP contribution in [0.25, 0.3) is 11.0 Å². The summed E-state index contributed by atoms with van der Waals surface area (Å²) in [7, 11) is 0. The lowest BCUT2D eigenvalue weighted by Crippen LogP contribution is -2.41. The van der Waals surface area contributed by atoms with E-state index in [9.17, 15) is 4.79 Å². The zero-order chi connectivity index (χ0) is 16.4. The Hall–Kier alpha value is -2.63. The summed E-state index contributed by atoms with van der Waals surface area (Å²) in [4.78, 5) is 22.4. The number of piperidine rings is 1. The van der Waals surface area contributed by atoms with E-state index >= 15 is 0 Å². The molecule has 4 rings (SSSR count). The molecule has 1 atom stereocenters. The number of nitrogens with zero attached hydrogens (tertiary/aromatic N) is 4. The first-order chi connectivity index (χ1) is 11.8. The summed E-state index contributed by atoms with van der Waals surface area (Å²) < 4.78 is 1.97. The number of benzene rings is 1. The van der Waals surface area contributed by atoms with Gasteiger partial charge in [0.25, 0.3) is 0 Å². The fourth-order valence-electron chi connectivity index (χ4n) is 3.40. The van der Waals surface area contributed by atoms with E-state index in [4.69, 9.17) is 0 Å². The van der Waals surface area contributed by atoms with Crippen molar-refractivity contribution in [3.63, 3.8) is 0 Å². The standard InChI is InChI=1S/C18H21N5O/c24-18(9-8-17-20-15-6-1-2-7-16(15)21-17)22-11-3-5-14(13-22)23-12-4-10-19-23/h1-2,4,6-7,10,12,14H,3,5,8-9,11,13H2,(H,20,21)/t14-/m1/s1. The van der Waals surface area contributed by atoms with Gasteiger partial charge in [-0.1, -0.05) is 12.1 Å². The van der Waals surface area contributed by atoms with Crippen LogP contribution in [0.5, 0.6) is 0 Å². The molecule has 0 spiro atoms. The van der Waals surface area contributed by atoms with Crippen LogP contribution in [0, 0.1) is 0 Å². The van der Waals surface area contributed by atoms with Gasteiger partial charge in [0.2, 0.25) is 5.91 Å². The lowest BCUT2D eigenvalue weighted by atomic mass is 10.1. The number of likely N-dealkylation sites (tertiary alicyclic amines) is 1. The number of fused-ring (bicyclic) bond motifs is 1. The molecule has 0 saturated carbocycles. The highest BCUT2D eigenvalue weighted by molar-refractivity contribution is 5.77. The molecular formula is C18H21N5O. The molecule has 1 aliphatic heterocycles. The molecule has 1 N–H and O–H groups in total. The summed E-state index contributed by atoms with van der Waals surface area (Å²) in [5, 5.41) is 4.32. The van der Waals surface area contributed by atoms with Crippen LogP contribution in [-0.4, -0.2) is 43.6 Å². The quantitative estimate of drug-likeness (QED) is 0.802. The highest BCUT2D eigenvalue weighted by Gasteiger charge is 2.24. The monoisotopic (exact) mass is 323 g/mol. The summed E-state index contributed by atoms with van der Waals surface area (Å²) in [5.74, 6) is 1.08. The van der Waals surface area contributed by atoms with Crippen LogP contribution in [0.4, 0.5) is 0 Å².